The zero-order valence-corrected chi connectivity index (χ0v) is 11.4. The molecule has 4 heteroatoms. The summed E-state index contributed by atoms with van der Waals surface area (Å²) in [5, 5.41) is 3.22. The number of hydrogen-bond donors (Lipinski definition) is 1. The lowest BCUT2D eigenvalue weighted by molar-refractivity contribution is -0.137. The number of piperidine rings is 1. The molecular weight excluding hydrogens is 216 g/mol. The Balaban J connectivity index is 2.30. The van der Waals surface area contributed by atoms with Gasteiger partial charge in [-0.15, -0.1) is 0 Å². The van der Waals surface area contributed by atoms with Gasteiger partial charge in [0.15, 0.2) is 0 Å². The number of rotatable bonds is 6. The molecule has 1 aliphatic heterocycles. The van der Waals surface area contributed by atoms with Crippen molar-refractivity contribution in [3.8, 4) is 0 Å². The minimum atomic E-state index is 0.0820. The number of nitrogens with one attached hydrogen (secondary N) is 1. The zero-order chi connectivity index (χ0) is 12.7. The highest BCUT2D eigenvalue weighted by Crippen LogP contribution is 2.15. The number of likely N-dealkylation sites (tertiary alicyclic amines) is 1. The van der Waals surface area contributed by atoms with E-state index < -0.39 is 0 Å². The smallest absolute Gasteiger partial charge is 0.226 e. The van der Waals surface area contributed by atoms with Crippen molar-refractivity contribution in [1.82, 2.24) is 10.2 Å². The Labute approximate surface area is 105 Å². The summed E-state index contributed by atoms with van der Waals surface area (Å²) in [6.45, 7) is 10.3. The van der Waals surface area contributed by atoms with E-state index in [1.807, 2.05) is 18.7 Å². The van der Waals surface area contributed by atoms with Crippen LogP contribution in [0, 0.1) is 5.92 Å². The predicted molar refractivity (Wildman–Crippen MR) is 68.9 cm³/mol. The van der Waals surface area contributed by atoms with Crippen LogP contribution in [0.3, 0.4) is 0 Å². The van der Waals surface area contributed by atoms with Gasteiger partial charge in [0.2, 0.25) is 5.91 Å². The minimum absolute atomic E-state index is 0.0820. The Morgan fingerprint density at radius 3 is 2.59 bits per heavy atom. The van der Waals surface area contributed by atoms with E-state index in [0.29, 0.717) is 6.10 Å². The maximum absolute atomic E-state index is 12.1. The third-order valence-electron chi connectivity index (χ3n) is 3.28. The molecule has 0 aromatic rings. The summed E-state index contributed by atoms with van der Waals surface area (Å²) < 4.78 is 5.59. The van der Waals surface area contributed by atoms with Crippen molar-refractivity contribution in [3.05, 3.63) is 0 Å². The standard InChI is InChI=1S/C13H26N2O2/c1-4-14-10-11(3)13(16)15-8-6-12(7-9-15)17-5-2/h11-12,14H,4-10H2,1-3H3. The van der Waals surface area contributed by atoms with Gasteiger partial charge >= 0.3 is 0 Å². The molecule has 0 saturated carbocycles. The van der Waals surface area contributed by atoms with Gasteiger partial charge in [-0.05, 0) is 26.3 Å². The van der Waals surface area contributed by atoms with E-state index in [1.54, 1.807) is 0 Å². The molecule has 1 rings (SSSR count). The first-order valence-corrected chi connectivity index (χ1v) is 6.80. The number of ether oxygens (including phenoxy) is 1. The normalized spacial score (nSPS) is 19.4. The maximum atomic E-state index is 12.1. The van der Waals surface area contributed by atoms with Gasteiger partial charge in [-0.1, -0.05) is 13.8 Å². The van der Waals surface area contributed by atoms with Crippen LogP contribution in [0.2, 0.25) is 0 Å². The van der Waals surface area contributed by atoms with Crippen molar-refractivity contribution < 1.29 is 9.53 Å². The Bertz CT molecular complexity index is 225. The lowest BCUT2D eigenvalue weighted by atomic mass is 10.0. The van der Waals surface area contributed by atoms with Crippen LogP contribution in [0.1, 0.15) is 33.6 Å². The second kappa shape index (κ2) is 7.67. The molecular formula is C13H26N2O2. The molecule has 4 nitrogen and oxygen atoms in total. The van der Waals surface area contributed by atoms with E-state index in [9.17, 15) is 4.79 Å². The number of hydrogen-bond acceptors (Lipinski definition) is 3. The predicted octanol–water partition coefficient (Wildman–Crippen LogP) is 1.26. The van der Waals surface area contributed by atoms with Crippen LogP contribution in [-0.2, 0) is 9.53 Å². The number of carbonyl (C=O) groups is 1. The van der Waals surface area contributed by atoms with Crippen LogP contribution in [-0.4, -0.2) is 49.7 Å². The van der Waals surface area contributed by atoms with Crippen LogP contribution >= 0.6 is 0 Å². The van der Waals surface area contributed by atoms with Crippen LogP contribution in [0.4, 0.5) is 0 Å². The second-order valence-electron chi connectivity index (χ2n) is 4.69. The number of amides is 1. The molecule has 0 bridgehead atoms. The molecule has 1 aliphatic rings. The van der Waals surface area contributed by atoms with Gasteiger partial charge in [0.1, 0.15) is 0 Å². The summed E-state index contributed by atoms with van der Waals surface area (Å²) in [5.41, 5.74) is 0. The minimum Gasteiger partial charge on any atom is -0.378 e. The Kier molecular flexibility index (Phi) is 6.52. The Hall–Kier alpha value is -0.610. The molecule has 1 unspecified atom stereocenters. The largest absolute Gasteiger partial charge is 0.378 e. The third kappa shape index (κ3) is 4.64. The number of nitrogens with zero attached hydrogens (tertiary/aromatic N) is 1. The van der Waals surface area contributed by atoms with E-state index in [1.165, 1.54) is 0 Å². The highest BCUT2D eigenvalue weighted by atomic mass is 16.5. The maximum Gasteiger partial charge on any atom is 0.226 e. The highest BCUT2D eigenvalue weighted by Gasteiger charge is 2.25. The zero-order valence-electron chi connectivity index (χ0n) is 11.4. The quantitative estimate of drug-likeness (QED) is 0.762. The fourth-order valence-corrected chi connectivity index (χ4v) is 2.24. The lowest BCUT2D eigenvalue weighted by Crippen LogP contribution is -2.45. The van der Waals surface area contributed by atoms with Gasteiger partial charge in [0.25, 0.3) is 0 Å². The average Bonchev–Trinajstić information content (AvgIpc) is 2.36. The van der Waals surface area contributed by atoms with Crippen LogP contribution in [0.25, 0.3) is 0 Å². The molecule has 1 amide bonds. The fourth-order valence-electron chi connectivity index (χ4n) is 2.24. The van der Waals surface area contributed by atoms with E-state index in [4.69, 9.17) is 4.74 Å². The summed E-state index contributed by atoms with van der Waals surface area (Å²) in [6, 6.07) is 0. The summed E-state index contributed by atoms with van der Waals surface area (Å²) in [7, 11) is 0. The molecule has 1 N–H and O–H groups in total. The first-order chi connectivity index (χ1) is 8.19. The summed E-state index contributed by atoms with van der Waals surface area (Å²) in [5.74, 6) is 0.361. The van der Waals surface area contributed by atoms with Crippen LogP contribution in [0.15, 0.2) is 0 Å². The molecule has 1 atom stereocenters. The van der Waals surface area contributed by atoms with Crippen molar-refractivity contribution in [1.29, 1.82) is 0 Å². The molecule has 0 aromatic heterocycles. The first-order valence-electron chi connectivity index (χ1n) is 6.80. The van der Waals surface area contributed by atoms with Gasteiger partial charge in [-0.3, -0.25) is 4.79 Å². The van der Waals surface area contributed by atoms with Crippen molar-refractivity contribution in [2.75, 3.05) is 32.8 Å². The topological polar surface area (TPSA) is 41.6 Å². The Morgan fingerprint density at radius 1 is 1.41 bits per heavy atom. The average molecular weight is 242 g/mol. The molecule has 0 radical (unpaired) electrons. The third-order valence-corrected chi connectivity index (χ3v) is 3.28. The van der Waals surface area contributed by atoms with Crippen molar-refractivity contribution in [2.24, 2.45) is 5.92 Å². The molecule has 1 saturated heterocycles. The molecule has 100 valence electrons. The fraction of sp³-hybridized carbons (Fsp3) is 0.923. The summed E-state index contributed by atoms with van der Waals surface area (Å²) >= 11 is 0. The Morgan fingerprint density at radius 2 is 2.06 bits per heavy atom. The first kappa shape index (κ1) is 14.5. The van der Waals surface area contributed by atoms with E-state index in [-0.39, 0.29) is 11.8 Å². The lowest BCUT2D eigenvalue weighted by Gasteiger charge is -2.33. The van der Waals surface area contributed by atoms with E-state index >= 15 is 0 Å². The second-order valence-corrected chi connectivity index (χ2v) is 4.69. The van der Waals surface area contributed by atoms with E-state index in [0.717, 1.165) is 45.6 Å². The molecule has 17 heavy (non-hydrogen) atoms. The van der Waals surface area contributed by atoms with Crippen molar-refractivity contribution in [3.63, 3.8) is 0 Å². The highest BCUT2D eigenvalue weighted by molar-refractivity contribution is 5.78. The van der Waals surface area contributed by atoms with E-state index in [2.05, 4.69) is 12.2 Å². The van der Waals surface area contributed by atoms with Gasteiger partial charge in [0, 0.05) is 32.2 Å². The van der Waals surface area contributed by atoms with Gasteiger partial charge in [-0.25, -0.2) is 0 Å². The molecule has 1 heterocycles. The number of carbonyl (C=O) groups excluding carboxylic acids is 1. The van der Waals surface area contributed by atoms with Gasteiger partial charge in [0.05, 0.1) is 6.10 Å². The monoisotopic (exact) mass is 242 g/mol. The van der Waals surface area contributed by atoms with Crippen LogP contribution in [0.5, 0.6) is 0 Å². The van der Waals surface area contributed by atoms with Crippen molar-refractivity contribution >= 4 is 5.91 Å². The molecule has 1 fully saturated rings. The van der Waals surface area contributed by atoms with Gasteiger partial charge in [-0.2, -0.15) is 0 Å². The van der Waals surface area contributed by atoms with Crippen LogP contribution < -0.4 is 5.32 Å². The summed E-state index contributed by atoms with van der Waals surface area (Å²) in [4.78, 5) is 14.1. The summed E-state index contributed by atoms with van der Waals surface area (Å²) in [6.07, 6.45) is 2.31. The van der Waals surface area contributed by atoms with Gasteiger partial charge < -0.3 is 15.0 Å². The SMILES string of the molecule is CCNCC(C)C(=O)N1CCC(OCC)CC1. The van der Waals surface area contributed by atoms with Crippen molar-refractivity contribution in [2.45, 2.75) is 39.7 Å². The molecule has 0 aliphatic carbocycles. The molecule has 0 aromatic carbocycles. The molecule has 0 spiro atoms.